The molecule has 0 saturated carbocycles. The minimum absolute atomic E-state index is 0.176. The van der Waals surface area contributed by atoms with Crippen molar-refractivity contribution < 1.29 is 20.1 Å². The van der Waals surface area contributed by atoms with Gasteiger partial charge in [0.25, 0.3) is 0 Å². The van der Waals surface area contributed by atoms with E-state index in [1.54, 1.807) is 0 Å². The maximum Gasteiger partial charge on any atom is 0.100 e. The highest BCUT2D eigenvalue weighted by Gasteiger charge is 2.11. The molecule has 0 aromatic carbocycles. The van der Waals surface area contributed by atoms with Crippen LogP contribution in [-0.2, 0) is 4.74 Å². The standard InChI is InChI=1S/C19H40O4/c1-2-3-4-5-6-7-8-10-13-19(14-11-9-12-15-20)23-17-18(22)16-21/h18-22H,2-17H2,1H3. The monoisotopic (exact) mass is 332 g/mol. The van der Waals surface area contributed by atoms with E-state index in [-0.39, 0.29) is 25.9 Å². The summed E-state index contributed by atoms with van der Waals surface area (Å²) in [6, 6.07) is 0. The molecule has 0 aromatic heterocycles. The van der Waals surface area contributed by atoms with Crippen LogP contribution < -0.4 is 0 Å². The van der Waals surface area contributed by atoms with Gasteiger partial charge in [-0.25, -0.2) is 0 Å². The first kappa shape index (κ1) is 22.8. The molecule has 0 aliphatic carbocycles. The minimum atomic E-state index is -0.770. The molecule has 2 atom stereocenters. The molecule has 0 radical (unpaired) electrons. The number of hydrogen-bond donors (Lipinski definition) is 3. The van der Waals surface area contributed by atoms with E-state index in [9.17, 15) is 5.11 Å². The third kappa shape index (κ3) is 16.5. The van der Waals surface area contributed by atoms with Crippen molar-refractivity contribution in [2.75, 3.05) is 19.8 Å². The van der Waals surface area contributed by atoms with E-state index < -0.39 is 6.10 Å². The van der Waals surface area contributed by atoms with Gasteiger partial charge in [0.15, 0.2) is 0 Å². The Morgan fingerprint density at radius 2 is 1.26 bits per heavy atom. The average molecular weight is 333 g/mol. The van der Waals surface area contributed by atoms with Crippen LogP contribution in [0.5, 0.6) is 0 Å². The van der Waals surface area contributed by atoms with Crippen LogP contribution in [0.25, 0.3) is 0 Å². The van der Waals surface area contributed by atoms with Gasteiger partial charge in [-0.2, -0.15) is 0 Å². The van der Waals surface area contributed by atoms with Crippen LogP contribution in [0.2, 0.25) is 0 Å². The zero-order valence-corrected chi connectivity index (χ0v) is 15.2. The Bertz CT molecular complexity index is 223. The molecule has 0 saturated heterocycles. The average Bonchev–Trinajstić information content (AvgIpc) is 2.57. The van der Waals surface area contributed by atoms with Crippen molar-refractivity contribution in [3.8, 4) is 0 Å². The fraction of sp³-hybridized carbons (Fsp3) is 1.00. The van der Waals surface area contributed by atoms with Crippen molar-refractivity contribution >= 4 is 0 Å². The first-order valence-electron chi connectivity index (χ1n) is 9.76. The van der Waals surface area contributed by atoms with Gasteiger partial charge in [0.1, 0.15) is 6.10 Å². The van der Waals surface area contributed by atoms with E-state index in [0.29, 0.717) is 0 Å². The van der Waals surface area contributed by atoms with E-state index in [1.165, 1.54) is 51.4 Å². The topological polar surface area (TPSA) is 69.9 Å². The van der Waals surface area contributed by atoms with Gasteiger partial charge in [-0.05, 0) is 19.3 Å². The Labute approximate surface area is 143 Å². The summed E-state index contributed by atoms with van der Waals surface area (Å²) in [4.78, 5) is 0. The number of rotatable bonds is 18. The number of aliphatic hydroxyl groups excluding tert-OH is 3. The molecule has 0 rings (SSSR count). The molecule has 0 spiro atoms. The number of hydrogen-bond acceptors (Lipinski definition) is 4. The molecule has 4 heteroatoms. The summed E-state index contributed by atoms with van der Waals surface area (Å²) in [5.74, 6) is 0. The molecule has 2 unspecified atom stereocenters. The van der Waals surface area contributed by atoms with E-state index >= 15 is 0 Å². The van der Waals surface area contributed by atoms with Gasteiger partial charge in [0.2, 0.25) is 0 Å². The largest absolute Gasteiger partial charge is 0.396 e. The van der Waals surface area contributed by atoms with Gasteiger partial charge in [-0.3, -0.25) is 0 Å². The molecular weight excluding hydrogens is 292 g/mol. The summed E-state index contributed by atoms with van der Waals surface area (Å²) in [5, 5.41) is 27.1. The lowest BCUT2D eigenvalue weighted by molar-refractivity contribution is -0.0351. The Kier molecular flexibility index (Phi) is 18.1. The SMILES string of the molecule is CCCCCCCCCCC(CCCCCO)OCC(O)CO. The molecule has 140 valence electrons. The molecule has 0 aliphatic rings. The van der Waals surface area contributed by atoms with Crippen LogP contribution in [0.15, 0.2) is 0 Å². The maximum absolute atomic E-state index is 9.42. The van der Waals surface area contributed by atoms with Crippen molar-refractivity contribution in [2.45, 2.75) is 103 Å². The van der Waals surface area contributed by atoms with Gasteiger partial charge in [-0.1, -0.05) is 71.1 Å². The minimum Gasteiger partial charge on any atom is -0.396 e. The summed E-state index contributed by atoms with van der Waals surface area (Å²) in [5.41, 5.74) is 0. The van der Waals surface area contributed by atoms with Gasteiger partial charge in [0, 0.05) is 6.61 Å². The Morgan fingerprint density at radius 1 is 0.739 bits per heavy atom. The number of aliphatic hydroxyl groups is 3. The van der Waals surface area contributed by atoms with Crippen LogP contribution in [0.3, 0.4) is 0 Å². The molecule has 3 N–H and O–H groups in total. The predicted molar refractivity (Wildman–Crippen MR) is 95.6 cm³/mol. The second kappa shape index (κ2) is 18.2. The van der Waals surface area contributed by atoms with Crippen LogP contribution in [0, 0.1) is 0 Å². The van der Waals surface area contributed by atoms with Crippen molar-refractivity contribution in [1.29, 1.82) is 0 Å². The molecule has 0 bridgehead atoms. The second-order valence-electron chi connectivity index (χ2n) is 6.63. The Balaban J connectivity index is 3.72. The van der Waals surface area contributed by atoms with E-state index in [4.69, 9.17) is 14.9 Å². The molecule has 23 heavy (non-hydrogen) atoms. The molecule has 0 amide bonds. The zero-order valence-electron chi connectivity index (χ0n) is 15.2. The second-order valence-corrected chi connectivity index (χ2v) is 6.63. The normalized spacial score (nSPS) is 14.1. The van der Waals surface area contributed by atoms with Crippen LogP contribution >= 0.6 is 0 Å². The highest BCUT2D eigenvalue weighted by molar-refractivity contribution is 4.62. The number of ether oxygens (including phenoxy) is 1. The van der Waals surface area contributed by atoms with E-state index in [1.807, 2.05) is 0 Å². The number of unbranched alkanes of at least 4 members (excludes halogenated alkanes) is 9. The summed E-state index contributed by atoms with van der Waals surface area (Å²) in [7, 11) is 0. The summed E-state index contributed by atoms with van der Waals surface area (Å²) >= 11 is 0. The third-order valence-corrected chi connectivity index (χ3v) is 4.30. The summed E-state index contributed by atoms with van der Waals surface area (Å²) < 4.78 is 5.76. The first-order valence-corrected chi connectivity index (χ1v) is 9.76. The molecule has 0 aliphatic heterocycles. The van der Waals surface area contributed by atoms with E-state index in [0.717, 1.165) is 32.1 Å². The van der Waals surface area contributed by atoms with Gasteiger partial charge in [0.05, 0.1) is 19.3 Å². The molecule has 4 nitrogen and oxygen atoms in total. The smallest absolute Gasteiger partial charge is 0.100 e. The third-order valence-electron chi connectivity index (χ3n) is 4.30. The lowest BCUT2D eigenvalue weighted by Gasteiger charge is -2.19. The maximum atomic E-state index is 9.42. The predicted octanol–water partition coefficient (Wildman–Crippen LogP) is 3.81. The lowest BCUT2D eigenvalue weighted by Crippen LogP contribution is -2.24. The zero-order chi connectivity index (χ0) is 17.2. The Hall–Kier alpha value is -0.160. The highest BCUT2D eigenvalue weighted by Crippen LogP contribution is 2.16. The molecule has 0 fully saturated rings. The summed E-state index contributed by atoms with van der Waals surface area (Å²) in [6.07, 6.45) is 14.8. The van der Waals surface area contributed by atoms with Crippen molar-refractivity contribution in [3.63, 3.8) is 0 Å². The molecular formula is C19H40O4. The fourth-order valence-electron chi connectivity index (χ4n) is 2.78. The highest BCUT2D eigenvalue weighted by atomic mass is 16.5. The van der Waals surface area contributed by atoms with Crippen molar-refractivity contribution in [1.82, 2.24) is 0 Å². The van der Waals surface area contributed by atoms with Gasteiger partial charge in [-0.15, -0.1) is 0 Å². The van der Waals surface area contributed by atoms with Crippen LogP contribution in [-0.4, -0.2) is 47.3 Å². The quantitative estimate of drug-likeness (QED) is 0.334. The molecule has 0 heterocycles. The molecule has 0 aromatic rings. The first-order chi connectivity index (χ1) is 11.2. The van der Waals surface area contributed by atoms with Gasteiger partial charge >= 0.3 is 0 Å². The lowest BCUT2D eigenvalue weighted by atomic mass is 10.0. The van der Waals surface area contributed by atoms with Crippen molar-refractivity contribution in [3.05, 3.63) is 0 Å². The summed E-state index contributed by atoms with van der Waals surface area (Å²) in [6.45, 7) is 2.48. The fourth-order valence-corrected chi connectivity index (χ4v) is 2.78. The van der Waals surface area contributed by atoms with E-state index in [2.05, 4.69) is 6.92 Å². The van der Waals surface area contributed by atoms with Crippen LogP contribution in [0.1, 0.15) is 90.4 Å². The Morgan fingerprint density at radius 3 is 1.78 bits per heavy atom. The van der Waals surface area contributed by atoms with Crippen LogP contribution in [0.4, 0.5) is 0 Å². The van der Waals surface area contributed by atoms with Crippen molar-refractivity contribution in [2.24, 2.45) is 0 Å². The van der Waals surface area contributed by atoms with Gasteiger partial charge < -0.3 is 20.1 Å².